The number of hydrogen-bond donors (Lipinski definition) is 2. The van der Waals surface area contributed by atoms with Crippen molar-refractivity contribution in [3.8, 4) is 12.3 Å². The van der Waals surface area contributed by atoms with E-state index in [0.717, 1.165) is 6.26 Å². The molecule has 0 fully saturated rings. The van der Waals surface area contributed by atoms with Crippen molar-refractivity contribution in [3.63, 3.8) is 0 Å². The molecule has 1 rings (SSSR count). The van der Waals surface area contributed by atoms with Crippen LogP contribution in [-0.4, -0.2) is 45.1 Å². The van der Waals surface area contributed by atoms with Crippen LogP contribution in [-0.2, 0) is 14.6 Å². The van der Waals surface area contributed by atoms with Gasteiger partial charge in [0.15, 0.2) is 0 Å². The predicted octanol–water partition coefficient (Wildman–Crippen LogP) is 1.80. The van der Waals surface area contributed by atoms with E-state index < -0.39 is 39.8 Å². The molecule has 0 radical (unpaired) electrons. The maximum atomic E-state index is 13.4. The molecule has 0 aliphatic rings. The van der Waals surface area contributed by atoms with Gasteiger partial charge < -0.3 is 5.32 Å². The SMILES string of the molecule is C#CCNC(=O)[C@H](CS(C)(=O)=O)N[C@@H](c1ccc(Br)cc1)C(F)(F)F. The van der Waals surface area contributed by atoms with Gasteiger partial charge in [-0.2, -0.15) is 13.2 Å². The molecule has 0 bridgehead atoms. The lowest BCUT2D eigenvalue weighted by Crippen LogP contribution is -2.52. The van der Waals surface area contributed by atoms with Gasteiger partial charge in [0.05, 0.1) is 12.3 Å². The van der Waals surface area contributed by atoms with Gasteiger partial charge in [-0.1, -0.05) is 34.0 Å². The highest BCUT2D eigenvalue weighted by Gasteiger charge is 2.43. The number of sulfone groups is 1. The van der Waals surface area contributed by atoms with Crippen LogP contribution in [0.1, 0.15) is 11.6 Å². The summed E-state index contributed by atoms with van der Waals surface area (Å²) in [5.74, 6) is 0.381. The van der Waals surface area contributed by atoms with E-state index in [2.05, 4.69) is 32.5 Å². The molecule has 0 unspecified atom stereocenters. The number of halogens is 4. The first-order valence-corrected chi connectivity index (χ1v) is 9.76. The smallest absolute Gasteiger partial charge is 0.344 e. The van der Waals surface area contributed by atoms with Gasteiger partial charge in [0, 0.05) is 10.7 Å². The summed E-state index contributed by atoms with van der Waals surface area (Å²) in [6.07, 6.45) is 1.08. The fourth-order valence-corrected chi connectivity index (χ4v) is 3.12. The topological polar surface area (TPSA) is 75.3 Å². The third-order valence-corrected chi connectivity index (χ3v) is 4.52. The molecule has 10 heteroatoms. The highest BCUT2D eigenvalue weighted by Crippen LogP contribution is 2.33. The second-order valence-electron chi connectivity index (χ2n) is 5.26. The Morgan fingerprint density at radius 2 is 1.88 bits per heavy atom. The van der Waals surface area contributed by atoms with E-state index >= 15 is 0 Å². The van der Waals surface area contributed by atoms with E-state index in [4.69, 9.17) is 6.42 Å². The molecule has 138 valence electrons. The van der Waals surface area contributed by atoms with Gasteiger partial charge in [0.2, 0.25) is 5.91 Å². The van der Waals surface area contributed by atoms with Crippen molar-refractivity contribution in [2.24, 2.45) is 0 Å². The minimum atomic E-state index is -4.74. The molecule has 0 aliphatic heterocycles. The molecule has 5 nitrogen and oxygen atoms in total. The summed E-state index contributed by atoms with van der Waals surface area (Å²) in [4.78, 5) is 12.0. The number of terminal acetylenes is 1. The highest BCUT2D eigenvalue weighted by molar-refractivity contribution is 9.10. The van der Waals surface area contributed by atoms with Crippen LogP contribution < -0.4 is 10.6 Å². The predicted molar refractivity (Wildman–Crippen MR) is 91.4 cm³/mol. The monoisotopic (exact) mass is 440 g/mol. The fraction of sp³-hybridized carbons (Fsp3) is 0.400. The van der Waals surface area contributed by atoms with Gasteiger partial charge in [0.25, 0.3) is 0 Å². The van der Waals surface area contributed by atoms with Crippen LogP contribution >= 0.6 is 15.9 Å². The Labute approximate surface area is 152 Å². The van der Waals surface area contributed by atoms with E-state index in [1.54, 1.807) is 0 Å². The quantitative estimate of drug-likeness (QED) is 0.634. The molecule has 0 saturated carbocycles. The van der Waals surface area contributed by atoms with E-state index in [-0.39, 0.29) is 12.1 Å². The zero-order valence-electron chi connectivity index (χ0n) is 13.1. The molecule has 0 heterocycles. The number of nitrogens with one attached hydrogen (secondary N) is 2. The first-order chi connectivity index (χ1) is 11.4. The van der Waals surface area contributed by atoms with Crippen molar-refractivity contribution < 1.29 is 26.4 Å². The van der Waals surface area contributed by atoms with Gasteiger partial charge in [-0.05, 0) is 17.7 Å². The Morgan fingerprint density at radius 3 is 2.32 bits per heavy atom. The average Bonchev–Trinajstić information content (AvgIpc) is 2.47. The number of carbonyl (C=O) groups excluding carboxylic acids is 1. The third-order valence-electron chi connectivity index (χ3n) is 3.05. The molecule has 0 aliphatic carbocycles. The summed E-state index contributed by atoms with van der Waals surface area (Å²) in [6.45, 7) is -0.226. The van der Waals surface area contributed by atoms with Crippen molar-refractivity contribution >= 4 is 31.7 Å². The first-order valence-electron chi connectivity index (χ1n) is 6.91. The van der Waals surface area contributed by atoms with Crippen molar-refractivity contribution in [2.45, 2.75) is 18.3 Å². The average molecular weight is 441 g/mol. The number of hydrogen-bond acceptors (Lipinski definition) is 4. The lowest BCUT2D eigenvalue weighted by atomic mass is 10.1. The molecule has 0 aromatic heterocycles. The van der Waals surface area contributed by atoms with Crippen LogP contribution in [0.5, 0.6) is 0 Å². The second-order valence-corrected chi connectivity index (χ2v) is 8.36. The minimum Gasteiger partial charge on any atom is -0.344 e. The maximum absolute atomic E-state index is 13.4. The molecule has 1 amide bonds. The Kier molecular flexibility index (Phi) is 7.46. The van der Waals surface area contributed by atoms with E-state index in [9.17, 15) is 26.4 Å². The van der Waals surface area contributed by atoms with Crippen LogP contribution in [0.2, 0.25) is 0 Å². The molecule has 0 saturated heterocycles. The number of benzene rings is 1. The molecular formula is C15H16BrF3N2O3S. The van der Waals surface area contributed by atoms with Gasteiger partial charge in [0.1, 0.15) is 21.9 Å². The first kappa shape index (κ1) is 21.5. The lowest BCUT2D eigenvalue weighted by molar-refractivity contribution is -0.160. The summed E-state index contributed by atoms with van der Waals surface area (Å²) in [7, 11) is -3.72. The van der Waals surface area contributed by atoms with Gasteiger partial charge in [-0.25, -0.2) is 8.42 Å². The Bertz CT molecular complexity index is 743. The van der Waals surface area contributed by atoms with Crippen LogP contribution in [0.3, 0.4) is 0 Å². The Balaban J connectivity index is 3.15. The molecule has 1 aromatic rings. The minimum absolute atomic E-state index is 0.154. The third kappa shape index (κ3) is 7.46. The molecule has 2 N–H and O–H groups in total. The fourth-order valence-electron chi connectivity index (χ4n) is 2.00. The summed E-state index contributed by atoms with van der Waals surface area (Å²) < 4.78 is 63.8. The number of amides is 1. The van der Waals surface area contributed by atoms with Gasteiger partial charge >= 0.3 is 6.18 Å². The van der Waals surface area contributed by atoms with Crippen LogP contribution in [0, 0.1) is 12.3 Å². The van der Waals surface area contributed by atoms with Crippen molar-refractivity contribution in [1.29, 1.82) is 0 Å². The Morgan fingerprint density at radius 1 is 1.32 bits per heavy atom. The molecule has 1 aromatic carbocycles. The van der Waals surface area contributed by atoms with Crippen LogP contribution in [0.15, 0.2) is 28.7 Å². The van der Waals surface area contributed by atoms with Gasteiger partial charge in [-0.15, -0.1) is 6.42 Å². The molecular weight excluding hydrogens is 425 g/mol. The van der Waals surface area contributed by atoms with Gasteiger partial charge in [-0.3, -0.25) is 10.1 Å². The summed E-state index contributed by atoms with van der Waals surface area (Å²) >= 11 is 3.12. The normalized spacial score (nSPS) is 14.4. The van der Waals surface area contributed by atoms with E-state index in [1.165, 1.54) is 24.3 Å². The second kappa shape index (κ2) is 8.69. The van der Waals surface area contributed by atoms with E-state index in [0.29, 0.717) is 4.47 Å². The number of alkyl halides is 3. The number of carbonyl (C=O) groups is 1. The summed E-state index contributed by atoms with van der Waals surface area (Å²) in [5.41, 5.74) is -0.154. The largest absolute Gasteiger partial charge is 0.407 e. The van der Waals surface area contributed by atoms with Crippen LogP contribution in [0.25, 0.3) is 0 Å². The molecule has 25 heavy (non-hydrogen) atoms. The van der Waals surface area contributed by atoms with Crippen LogP contribution in [0.4, 0.5) is 13.2 Å². The zero-order valence-corrected chi connectivity index (χ0v) is 15.5. The Hall–Kier alpha value is -1.57. The maximum Gasteiger partial charge on any atom is 0.407 e. The summed E-state index contributed by atoms with van der Waals surface area (Å²) in [6, 6.07) is 1.46. The van der Waals surface area contributed by atoms with Crippen molar-refractivity contribution in [1.82, 2.24) is 10.6 Å². The van der Waals surface area contributed by atoms with Crippen molar-refractivity contribution in [3.05, 3.63) is 34.3 Å². The van der Waals surface area contributed by atoms with E-state index in [1.807, 2.05) is 0 Å². The number of rotatable bonds is 7. The zero-order chi connectivity index (χ0) is 19.3. The lowest BCUT2D eigenvalue weighted by Gasteiger charge is -2.27. The molecule has 0 spiro atoms. The summed E-state index contributed by atoms with van der Waals surface area (Å²) in [5, 5.41) is 4.29. The standard InChI is InChI=1S/C15H16BrF3N2O3S/c1-3-8-20-14(22)12(9-25(2,23)24)21-13(15(17,18)19)10-4-6-11(16)7-5-10/h1,4-7,12-13,21H,8-9H2,2H3,(H,20,22)/t12-,13-/m0/s1. The highest BCUT2D eigenvalue weighted by atomic mass is 79.9. The van der Waals surface area contributed by atoms with Crippen molar-refractivity contribution in [2.75, 3.05) is 18.6 Å². The molecule has 2 atom stereocenters.